The molecular weight excluding hydrogens is 271 g/mol. The van der Waals surface area contributed by atoms with Gasteiger partial charge in [-0.25, -0.2) is 0 Å². The van der Waals surface area contributed by atoms with Crippen LogP contribution in [0.4, 0.5) is 22.0 Å². The Morgan fingerprint density at radius 3 is 2.21 bits per heavy atom. The van der Waals surface area contributed by atoms with Crippen LogP contribution in [0, 0.1) is 0 Å². The van der Waals surface area contributed by atoms with Crippen molar-refractivity contribution in [3.05, 3.63) is 35.9 Å². The zero-order valence-electron chi connectivity index (χ0n) is 9.51. The fraction of sp³-hybridized carbons (Fsp3) is 0.333. The largest absolute Gasteiger partial charge is 0.491 e. The average Bonchev–Trinajstić information content (AvgIpc) is 3.09. The van der Waals surface area contributed by atoms with Gasteiger partial charge in [0.05, 0.1) is 6.61 Å². The van der Waals surface area contributed by atoms with E-state index in [-0.39, 0.29) is 6.10 Å². The molecule has 0 N–H and O–H groups in total. The fourth-order valence-electron chi connectivity index (χ4n) is 1.45. The van der Waals surface area contributed by atoms with Crippen LogP contribution in [0.2, 0.25) is 0 Å². The second-order valence-electron chi connectivity index (χ2n) is 3.92. The highest BCUT2D eigenvalue weighted by Gasteiger charge is 2.38. The summed E-state index contributed by atoms with van der Waals surface area (Å²) in [5.41, 5.74) is -2.52. The highest BCUT2D eigenvalue weighted by molar-refractivity contribution is 5.70. The summed E-state index contributed by atoms with van der Waals surface area (Å²) in [6, 6.07) is 4.33. The first kappa shape index (κ1) is 13.8. The summed E-state index contributed by atoms with van der Waals surface area (Å²) in [7, 11) is 0. The van der Waals surface area contributed by atoms with E-state index in [2.05, 4.69) is 0 Å². The van der Waals surface area contributed by atoms with Crippen LogP contribution in [0.1, 0.15) is 5.56 Å². The second-order valence-corrected chi connectivity index (χ2v) is 3.92. The lowest BCUT2D eigenvalue weighted by molar-refractivity contribution is -0.0711. The lowest BCUT2D eigenvalue weighted by atomic mass is 10.1. The zero-order chi connectivity index (χ0) is 14.0. The van der Waals surface area contributed by atoms with Crippen molar-refractivity contribution in [2.45, 2.75) is 12.3 Å². The van der Waals surface area contributed by atoms with Crippen molar-refractivity contribution in [3.8, 4) is 5.75 Å². The number of epoxide rings is 1. The lowest BCUT2D eigenvalue weighted by Crippen LogP contribution is -2.11. The van der Waals surface area contributed by atoms with Crippen LogP contribution in [0.5, 0.6) is 5.75 Å². The molecule has 0 aromatic heterocycles. The zero-order valence-corrected chi connectivity index (χ0v) is 9.51. The number of alkyl halides is 3. The molecule has 1 aliphatic heterocycles. The Hall–Kier alpha value is -1.63. The fourth-order valence-corrected chi connectivity index (χ4v) is 1.45. The number of hydrogen-bond acceptors (Lipinski definition) is 2. The number of hydrogen-bond donors (Lipinski definition) is 0. The third-order valence-electron chi connectivity index (χ3n) is 2.45. The average molecular weight is 280 g/mol. The highest BCUT2D eigenvalue weighted by Crippen LogP contribution is 2.37. The summed E-state index contributed by atoms with van der Waals surface area (Å²) in [5.74, 6) is 0.306. The molecule has 2 rings (SSSR count). The van der Waals surface area contributed by atoms with Crippen molar-refractivity contribution < 1.29 is 31.4 Å². The molecule has 1 atom stereocenters. The Morgan fingerprint density at radius 1 is 1.21 bits per heavy atom. The molecule has 2 nitrogen and oxygen atoms in total. The first-order valence-corrected chi connectivity index (χ1v) is 5.35. The van der Waals surface area contributed by atoms with Gasteiger partial charge in [0.15, 0.2) is 0 Å². The SMILES string of the molecule is FC(F)=C(c1ccc(OCC2CO2)cc1)C(F)(F)F. The predicted octanol–water partition coefficient (Wildman–Crippen LogP) is 3.63. The van der Waals surface area contributed by atoms with Crippen LogP contribution in [0.15, 0.2) is 30.3 Å². The van der Waals surface area contributed by atoms with Crippen molar-refractivity contribution in [1.29, 1.82) is 0 Å². The summed E-state index contributed by atoms with van der Waals surface area (Å²) in [6.45, 7) is 0.880. The molecule has 0 radical (unpaired) electrons. The maximum Gasteiger partial charge on any atom is 0.422 e. The van der Waals surface area contributed by atoms with E-state index in [1.807, 2.05) is 0 Å². The number of allylic oxidation sites excluding steroid dienone is 1. The molecular formula is C12H9F5O2. The highest BCUT2D eigenvalue weighted by atomic mass is 19.4. The number of benzene rings is 1. The standard InChI is InChI=1S/C12H9F5O2/c13-11(14)10(12(15,16)17)7-1-3-8(4-2-7)18-5-9-6-19-9/h1-4,9H,5-6H2. The molecule has 104 valence electrons. The maximum atomic E-state index is 12.4. The van der Waals surface area contributed by atoms with E-state index < -0.39 is 23.4 Å². The molecule has 0 amide bonds. The summed E-state index contributed by atoms with van der Waals surface area (Å²) >= 11 is 0. The minimum atomic E-state index is -5.09. The quantitative estimate of drug-likeness (QED) is 0.620. The van der Waals surface area contributed by atoms with Crippen LogP contribution in [0.3, 0.4) is 0 Å². The molecule has 1 fully saturated rings. The molecule has 0 bridgehead atoms. The van der Waals surface area contributed by atoms with Gasteiger partial charge in [0.1, 0.15) is 24.0 Å². The van der Waals surface area contributed by atoms with Crippen molar-refractivity contribution in [2.24, 2.45) is 0 Å². The topological polar surface area (TPSA) is 21.8 Å². The van der Waals surface area contributed by atoms with Gasteiger partial charge in [-0.05, 0) is 17.7 Å². The van der Waals surface area contributed by atoms with Crippen molar-refractivity contribution in [3.63, 3.8) is 0 Å². The van der Waals surface area contributed by atoms with Crippen LogP contribution >= 0.6 is 0 Å². The van der Waals surface area contributed by atoms with Gasteiger partial charge in [-0.3, -0.25) is 0 Å². The van der Waals surface area contributed by atoms with E-state index in [9.17, 15) is 22.0 Å². The van der Waals surface area contributed by atoms with Crippen molar-refractivity contribution in [2.75, 3.05) is 13.2 Å². The second kappa shape index (κ2) is 5.16. The van der Waals surface area contributed by atoms with Gasteiger partial charge in [0, 0.05) is 0 Å². The molecule has 0 saturated carbocycles. The molecule has 1 heterocycles. The molecule has 1 aliphatic rings. The van der Waals surface area contributed by atoms with E-state index in [1.54, 1.807) is 0 Å². The van der Waals surface area contributed by atoms with E-state index in [1.165, 1.54) is 12.1 Å². The molecule has 1 saturated heterocycles. The molecule has 1 aromatic carbocycles. The van der Waals surface area contributed by atoms with E-state index in [4.69, 9.17) is 9.47 Å². The third kappa shape index (κ3) is 3.66. The maximum absolute atomic E-state index is 12.4. The smallest absolute Gasteiger partial charge is 0.422 e. The van der Waals surface area contributed by atoms with E-state index in [0.717, 1.165) is 12.1 Å². The number of rotatable bonds is 4. The van der Waals surface area contributed by atoms with Crippen LogP contribution < -0.4 is 4.74 Å². The van der Waals surface area contributed by atoms with Crippen LogP contribution in [-0.4, -0.2) is 25.5 Å². The van der Waals surface area contributed by atoms with Gasteiger partial charge < -0.3 is 9.47 Å². The van der Waals surface area contributed by atoms with Crippen molar-refractivity contribution in [1.82, 2.24) is 0 Å². The van der Waals surface area contributed by atoms with Gasteiger partial charge in [-0.1, -0.05) is 12.1 Å². The summed E-state index contributed by atoms with van der Waals surface area (Å²) < 4.78 is 72.1. The Kier molecular flexibility index (Phi) is 3.75. The number of ether oxygens (including phenoxy) is 2. The summed E-state index contributed by atoms with van der Waals surface area (Å²) in [4.78, 5) is 0. The molecule has 0 spiro atoms. The Labute approximate surface area is 105 Å². The summed E-state index contributed by atoms with van der Waals surface area (Å²) in [6.07, 6.45) is -7.84. The van der Waals surface area contributed by atoms with Crippen molar-refractivity contribution >= 4 is 5.57 Å². The van der Waals surface area contributed by atoms with E-state index in [0.29, 0.717) is 19.0 Å². The molecule has 1 unspecified atom stereocenters. The molecule has 19 heavy (non-hydrogen) atoms. The van der Waals surface area contributed by atoms with Crippen LogP contribution in [-0.2, 0) is 4.74 Å². The minimum Gasteiger partial charge on any atom is -0.491 e. The normalized spacial score (nSPS) is 18.1. The van der Waals surface area contributed by atoms with Gasteiger partial charge in [0.25, 0.3) is 6.08 Å². The predicted molar refractivity (Wildman–Crippen MR) is 56.9 cm³/mol. The third-order valence-corrected chi connectivity index (χ3v) is 2.45. The lowest BCUT2D eigenvalue weighted by Gasteiger charge is -2.11. The molecule has 7 heteroatoms. The van der Waals surface area contributed by atoms with Gasteiger partial charge in [-0.15, -0.1) is 0 Å². The minimum absolute atomic E-state index is 0.00796. The summed E-state index contributed by atoms with van der Waals surface area (Å²) in [5, 5.41) is 0. The van der Waals surface area contributed by atoms with E-state index >= 15 is 0 Å². The molecule has 1 aromatic rings. The Balaban J connectivity index is 2.13. The number of halogens is 5. The molecule has 0 aliphatic carbocycles. The van der Waals surface area contributed by atoms with Gasteiger partial charge in [0.2, 0.25) is 0 Å². The first-order valence-electron chi connectivity index (χ1n) is 5.35. The van der Waals surface area contributed by atoms with Gasteiger partial charge >= 0.3 is 6.18 Å². The van der Waals surface area contributed by atoms with Gasteiger partial charge in [-0.2, -0.15) is 22.0 Å². The Bertz CT molecular complexity index is 470. The van der Waals surface area contributed by atoms with Crippen LogP contribution in [0.25, 0.3) is 5.57 Å². The Morgan fingerprint density at radius 2 is 1.79 bits per heavy atom. The first-order chi connectivity index (χ1) is 8.88. The monoisotopic (exact) mass is 280 g/mol.